The molecule has 0 aliphatic carbocycles. The van der Waals surface area contributed by atoms with Crippen LogP contribution >= 0.6 is 23.4 Å². The van der Waals surface area contributed by atoms with Crippen molar-refractivity contribution in [3.63, 3.8) is 0 Å². The van der Waals surface area contributed by atoms with E-state index < -0.39 is 11.2 Å². The molecule has 1 aromatic carbocycles. The average Bonchev–Trinajstić information content (AvgIpc) is 2.72. The SMILES string of the molecule is C[C@@H](Sc1nnc(-c2ccc(Cl)cc2)n1C)C(=O)O. The van der Waals surface area contributed by atoms with E-state index >= 15 is 0 Å². The molecule has 0 fully saturated rings. The Morgan fingerprint density at radius 1 is 1.37 bits per heavy atom. The molecule has 1 heterocycles. The molecular formula is C12H12ClN3O2S. The summed E-state index contributed by atoms with van der Waals surface area (Å²) in [6.07, 6.45) is 0. The van der Waals surface area contributed by atoms with Gasteiger partial charge in [0.15, 0.2) is 11.0 Å². The largest absolute Gasteiger partial charge is 0.480 e. The molecule has 0 aliphatic rings. The third-order valence-corrected chi connectivity index (χ3v) is 3.94. The summed E-state index contributed by atoms with van der Waals surface area (Å²) in [5, 5.41) is 17.6. The number of carboxylic acids is 1. The van der Waals surface area contributed by atoms with Gasteiger partial charge >= 0.3 is 5.97 Å². The quantitative estimate of drug-likeness (QED) is 0.879. The highest BCUT2D eigenvalue weighted by molar-refractivity contribution is 8.00. The molecule has 0 spiro atoms. The van der Waals surface area contributed by atoms with E-state index in [4.69, 9.17) is 16.7 Å². The summed E-state index contributed by atoms with van der Waals surface area (Å²) >= 11 is 7.00. The van der Waals surface area contributed by atoms with E-state index in [9.17, 15) is 4.79 Å². The number of aliphatic carboxylic acids is 1. The zero-order chi connectivity index (χ0) is 14.0. The van der Waals surface area contributed by atoms with E-state index in [-0.39, 0.29) is 0 Å². The summed E-state index contributed by atoms with van der Waals surface area (Å²) in [6, 6.07) is 7.25. The van der Waals surface area contributed by atoms with E-state index in [1.807, 2.05) is 12.1 Å². The van der Waals surface area contributed by atoms with Crippen LogP contribution < -0.4 is 0 Å². The number of hydrogen-bond donors (Lipinski definition) is 1. The second kappa shape index (κ2) is 5.63. The Bertz CT molecular complexity index is 598. The van der Waals surface area contributed by atoms with Gasteiger partial charge in [0, 0.05) is 17.6 Å². The second-order valence-corrected chi connectivity index (χ2v) is 5.71. The summed E-state index contributed by atoms with van der Waals surface area (Å²) in [5.74, 6) is -0.196. The van der Waals surface area contributed by atoms with Crippen LogP contribution in [-0.4, -0.2) is 31.1 Å². The first-order chi connectivity index (χ1) is 8.99. The number of halogens is 1. The molecule has 7 heteroatoms. The minimum Gasteiger partial charge on any atom is -0.480 e. The van der Waals surface area contributed by atoms with Gasteiger partial charge in [-0.2, -0.15) is 0 Å². The second-order valence-electron chi connectivity index (χ2n) is 3.97. The van der Waals surface area contributed by atoms with Crippen LogP contribution in [0.3, 0.4) is 0 Å². The van der Waals surface area contributed by atoms with Gasteiger partial charge in [-0.05, 0) is 31.2 Å². The lowest BCUT2D eigenvalue weighted by atomic mass is 10.2. The topological polar surface area (TPSA) is 68.0 Å². The lowest BCUT2D eigenvalue weighted by molar-refractivity contribution is -0.136. The number of rotatable bonds is 4. The van der Waals surface area contributed by atoms with Crippen LogP contribution in [0.1, 0.15) is 6.92 Å². The number of carbonyl (C=O) groups is 1. The third kappa shape index (κ3) is 3.08. The molecule has 100 valence electrons. The maximum atomic E-state index is 10.8. The van der Waals surface area contributed by atoms with Crippen molar-refractivity contribution in [2.24, 2.45) is 7.05 Å². The Morgan fingerprint density at radius 2 is 2.00 bits per heavy atom. The van der Waals surface area contributed by atoms with Crippen molar-refractivity contribution in [1.29, 1.82) is 0 Å². The molecule has 19 heavy (non-hydrogen) atoms. The van der Waals surface area contributed by atoms with Gasteiger partial charge in [-0.25, -0.2) is 0 Å². The number of thioether (sulfide) groups is 1. The molecule has 0 unspecified atom stereocenters. The standard InChI is InChI=1S/C12H12ClN3O2S/c1-7(11(17)18)19-12-15-14-10(16(12)2)8-3-5-9(13)6-4-8/h3-7H,1-2H3,(H,17,18)/t7-/m1/s1. The van der Waals surface area contributed by atoms with Crippen molar-refractivity contribution < 1.29 is 9.90 Å². The minimum atomic E-state index is -0.874. The average molecular weight is 298 g/mol. The first kappa shape index (κ1) is 13.9. The van der Waals surface area contributed by atoms with Crippen molar-refractivity contribution in [2.45, 2.75) is 17.3 Å². The van der Waals surface area contributed by atoms with Crippen molar-refractivity contribution in [3.8, 4) is 11.4 Å². The number of carboxylic acid groups (broad SMARTS) is 1. The molecule has 0 bridgehead atoms. The molecule has 1 aromatic heterocycles. The van der Waals surface area contributed by atoms with Gasteiger partial charge < -0.3 is 9.67 Å². The maximum absolute atomic E-state index is 10.8. The van der Waals surface area contributed by atoms with Crippen LogP contribution in [-0.2, 0) is 11.8 Å². The van der Waals surface area contributed by atoms with Gasteiger partial charge in [-0.1, -0.05) is 23.4 Å². The van der Waals surface area contributed by atoms with E-state index in [0.717, 1.165) is 17.3 Å². The van der Waals surface area contributed by atoms with Crippen LogP contribution in [0.15, 0.2) is 29.4 Å². The first-order valence-corrected chi connectivity index (χ1v) is 6.79. The van der Waals surface area contributed by atoms with E-state index in [2.05, 4.69) is 10.2 Å². The Morgan fingerprint density at radius 3 is 2.58 bits per heavy atom. The molecule has 5 nitrogen and oxygen atoms in total. The molecule has 1 atom stereocenters. The van der Waals surface area contributed by atoms with Gasteiger partial charge in [0.05, 0.1) is 0 Å². The van der Waals surface area contributed by atoms with Crippen LogP contribution in [0.25, 0.3) is 11.4 Å². The lowest BCUT2D eigenvalue weighted by Crippen LogP contribution is -2.12. The van der Waals surface area contributed by atoms with Crippen LogP contribution in [0.4, 0.5) is 0 Å². The van der Waals surface area contributed by atoms with Crippen molar-refractivity contribution in [3.05, 3.63) is 29.3 Å². The molecule has 0 radical (unpaired) electrons. The summed E-state index contributed by atoms with van der Waals surface area (Å²) < 4.78 is 1.77. The number of aromatic nitrogens is 3. The molecular weight excluding hydrogens is 286 g/mol. The number of benzene rings is 1. The Kier molecular flexibility index (Phi) is 4.11. The summed E-state index contributed by atoms with van der Waals surface area (Å²) in [5.41, 5.74) is 0.884. The van der Waals surface area contributed by atoms with Gasteiger partial charge in [-0.15, -0.1) is 10.2 Å². The van der Waals surface area contributed by atoms with E-state index in [1.54, 1.807) is 30.7 Å². The van der Waals surface area contributed by atoms with Crippen LogP contribution in [0.5, 0.6) is 0 Å². The molecule has 2 rings (SSSR count). The highest BCUT2D eigenvalue weighted by atomic mass is 35.5. The van der Waals surface area contributed by atoms with Crippen molar-refractivity contribution >= 4 is 29.3 Å². The van der Waals surface area contributed by atoms with E-state index in [1.165, 1.54) is 0 Å². The lowest BCUT2D eigenvalue weighted by Gasteiger charge is -2.06. The molecule has 0 aliphatic heterocycles. The summed E-state index contributed by atoms with van der Waals surface area (Å²) in [7, 11) is 1.81. The molecule has 0 amide bonds. The molecule has 2 aromatic rings. The fraction of sp³-hybridized carbons (Fsp3) is 0.250. The normalized spacial score (nSPS) is 12.4. The molecule has 1 N–H and O–H groups in total. The number of hydrogen-bond acceptors (Lipinski definition) is 4. The van der Waals surface area contributed by atoms with Gasteiger partial charge in [0.25, 0.3) is 0 Å². The zero-order valence-corrected chi connectivity index (χ0v) is 11.9. The Hall–Kier alpha value is -1.53. The Labute approximate surface area is 119 Å². The molecule has 0 saturated heterocycles. The summed E-state index contributed by atoms with van der Waals surface area (Å²) in [6.45, 7) is 1.61. The highest BCUT2D eigenvalue weighted by Crippen LogP contribution is 2.26. The predicted octanol–water partition coefficient (Wildman–Crippen LogP) is 2.70. The fourth-order valence-electron chi connectivity index (χ4n) is 1.48. The maximum Gasteiger partial charge on any atom is 0.316 e. The van der Waals surface area contributed by atoms with Gasteiger partial charge in [0.2, 0.25) is 0 Å². The van der Waals surface area contributed by atoms with Gasteiger partial charge in [0.1, 0.15) is 5.25 Å². The van der Waals surface area contributed by atoms with Crippen molar-refractivity contribution in [2.75, 3.05) is 0 Å². The molecule has 0 saturated carbocycles. The highest BCUT2D eigenvalue weighted by Gasteiger charge is 2.18. The van der Waals surface area contributed by atoms with Crippen LogP contribution in [0.2, 0.25) is 5.02 Å². The third-order valence-electron chi connectivity index (χ3n) is 2.57. The smallest absolute Gasteiger partial charge is 0.316 e. The van der Waals surface area contributed by atoms with Crippen LogP contribution in [0, 0.1) is 0 Å². The van der Waals surface area contributed by atoms with E-state index in [0.29, 0.717) is 16.0 Å². The Balaban J connectivity index is 2.27. The monoisotopic (exact) mass is 297 g/mol. The predicted molar refractivity (Wildman–Crippen MR) is 74.4 cm³/mol. The summed E-state index contributed by atoms with van der Waals surface area (Å²) in [4.78, 5) is 10.8. The zero-order valence-electron chi connectivity index (χ0n) is 10.4. The first-order valence-electron chi connectivity index (χ1n) is 5.54. The minimum absolute atomic E-state index is 0.569. The van der Waals surface area contributed by atoms with Crippen molar-refractivity contribution in [1.82, 2.24) is 14.8 Å². The van der Waals surface area contributed by atoms with Gasteiger partial charge in [-0.3, -0.25) is 4.79 Å². The fourth-order valence-corrected chi connectivity index (χ4v) is 2.35. The number of nitrogens with zero attached hydrogens (tertiary/aromatic N) is 3.